The van der Waals surface area contributed by atoms with Crippen LogP contribution in [0, 0.1) is 11.3 Å². The van der Waals surface area contributed by atoms with Gasteiger partial charge in [0.05, 0.1) is 23.6 Å². The lowest BCUT2D eigenvalue weighted by atomic mass is 10.2. The highest BCUT2D eigenvalue weighted by molar-refractivity contribution is 9.10. The molecule has 7 heteroatoms. The van der Waals surface area contributed by atoms with E-state index in [4.69, 9.17) is 10.00 Å². The van der Waals surface area contributed by atoms with Crippen LogP contribution >= 0.6 is 15.9 Å². The molecule has 0 saturated heterocycles. The van der Waals surface area contributed by atoms with Gasteiger partial charge in [-0.3, -0.25) is 0 Å². The lowest BCUT2D eigenvalue weighted by Crippen LogP contribution is -2.23. The predicted octanol–water partition coefficient (Wildman–Crippen LogP) is 2.81. The van der Waals surface area contributed by atoms with Gasteiger partial charge in [-0.05, 0) is 36.4 Å². The molecule has 22 heavy (non-hydrogen) atoms. The van der Waals surface area contributed by atoms with Gasteiger partial charge in [-0.15, -0.1) is 0 Å². The highest BCUT2D eigenvalue weighted by Crippen LogP contribution is 2.23. The maximum atomic E-state index is 12.3. The maximum Gasteiger partial charge on any atom is 0.240 e. The summed E-state index contributed by atoms with van der Waals surface area (Å²) in [5.74, 6) is 0.594. The van der Waals surface area contributed by atoms with Gasteiger partial charge in [0.15, 0.2) is 0 Å². The largest absolute Gasteiger partial charge is 0.496 e. The highest BCUT2D eigenvalue weighted by Gasteiger charge is 2.15. The Balaban J connectivity index is 2.23. The Hall–Kier alpha value is -1.88. The third-order valence-corrected chi connectivity index (χ3v) is 4.86. The lowest BCUT2D eigenvalue weighted by molar-refractivity contribution is 0.409. The smallest absolute Gasteiger partial charge is 0.240 e. The minimum atomic E-state index is -3.70. The van der Waals surface area contributed by atoms with Crippen molar-refractivity contribution >= 4 is 26.0 Å². The number of hydrogen-bond donors (Lipinski definition) is 1. The molecule has 0 bridgehead atoms. The molecule has 0 spiro atoms. The molecule has 1 N–H and O–H groups in total. The Morgan fingerprint density at radius 3 is 2.73 bits per heavy atom. The zero-order valence-electron chi connectivity index (χ0n) is 11.7. The number of halogens is 1. The van der Waals surface area contributed by atoms with E-state index >= 15 is 0 Å². The molecule has 0 aliphatic rings. The normalized spacial score (nSPS) is 11.0. The summed E-state index contributed by atoms with van der Waals surface area (Å²) in [6.45, 7) is 0.0850. The summed E-state index contributed by atoms with van der Waals surface area (Å²) < 4.78 is 33.1. The molecule has 2 rings (SSSR count). The van der Waals surface area contributed by atoms with Crippen molar-refractivity contribution in [2.75, 3.05) is 7.11 Å². The molecule has 0 aromatic heterocycles. The van der Waals surface area contributed by atoms with Crippen LogP contribution in [0.4, 0.5) is 0 Å². The van der Waals surface area contributed by atoms with Crippen LogP contribution in [0.3, 0.4) is 0 Å². The minimum absolute atomic E-state index is 0.0560. The number of rotatable bonds is 5. The molecule has 0 fully saturated rings. The number of nitrogens with one attached hydrogen (secondary N) is 1. The number of sulfonamides is 1. The number of methoxy groups -OCH3 is 1. The summed E-state index contributed by atoms with van der Waals surface area (Å²) in [5, 5.41) is 8.85. The Bertz CT molecular complexity index is 829. The Morgan fingerprint density at radius 2 is 2.05 bits per heavy atom. The average molecular weight is 381 g/mol. The topological polar surface area (TPSA) is 79.2 Å². The first kappa shape index (κ1) is 16.5. The van der Waals surface area contributed by atoms with E-state index in [1.807, 2.05) is 12.1 Å². The van der Waals surface area contributed by atoms with Crippen LogP contribution < -0.4 is 9.46 Å². The van der Waals surface area contributed by atoms with Crippen LogP contribution in [0.5, 0.6) is 5.75 Å². The Morgan fingerprint density at radius 1 is 1.27 bits per heavy atom. The van der Waals surface area contributed by atoms with Gasteiger partial charge in [-0.2, -0.15) is 5.26 Å². The molecule has 0 heterocycles. The molecule has 0 saturated carbocycles. The maximum absolute atomic E-state index is 12.3. The van der Waals surface area contributed by atoms with E-state index in [-0.39, 0.29) is 11.4 Å². The summed E-state index contributed by atoms with van der Waals surface area (Å²) in [6, 6.07) is 13.1. The molecule has 2 aromatic rings. The van der Waals surface area contributed by atoms with Gasteiger partial charge in [-0.1, -0.05) is 22.0 Å². The molecule has 0 atom stereocenters. The lowest BCUT2D eigenvalue weighted by Gasteiger charge is -2.11. The van der Waals surface area contributed by atoms with Crippen LogP contribution in [-0.2, 0) is 16.6 Å². The zero-order valence-corrected chi connectivity index (χ0v) is 14.1. The third-order valence-electron chi connectivity index (χ3n) is 2.97. The first-order chi connectivity index (χ1) is 10.5. The van der Waals surface area contributed by atoms with Crippen LogP contribution in [0.25, 0.3) is 0 Å². The molecule has 0 aliphatic carbocycles. The molecular formula is C15H13BrN2O3S. The van der Waals surface area contributed by atoms with Crippen LogP contribution in [0.1, 0.15) is 11.1 Å². The predicted molar refractivity (Wildman–Crippen MR) is 85.9 cm³/mol. The van der Waals surface area contributed by atoms with Gasteiger partial charge in [0.1, 0.15) is 5.75 Å². The zero-order chi connectivity index (χ0) is 16.2. The van der Waals surface area contributed by atoms with Crippen molar-refractivity contribution in [1.29, 1.82) is 5.26 Å². The van der Waals surface area contributed by atoms with E-state index in [9.17, 15) is 8.42 Å². The average Bonchev–Trinajstić information content (AvgIpc) is 2.53. The summed E-state index contributed by atoms with van der Waals surface area (Å²) in [4.78, 5) is 0.0560. The fourth-order valence-corrected chi connectivity index (χ4v) is 3.33. The molecule has 114 valence electrons. The third kappa shape index (κ3) is 3.85. The fraction of sp³-hybridized carbons (Fsp3) is 0.133. The van der Waals surface area contributed by atoms with Gasteiger partial charge in [-0.25, -0.2) is 13.1 Å². The second kappa shape index (κ2) is 6.92. The van der Waals surface area contributed by atoms with E-state index in [0.29, 0.717) is 16.9 Å². The molecule has 0 radical (unpaired) electrons. The number of nitriles is 1. The standard InChI is InChI=1S/C15H13BrN2O3S/c1-21-15-6-5-13(16)8-12(15)10-18-22(19,20)14-4-2-3-11(7-14)9-17/h2-8,18H,10H2,1H3. The van der Waals surface area contributed by atoms with Gasteiger partial charge < -0.3 is 4.74 Å². The van der Waals surface area contributed by atoms with Gasteiger partial charge in [0.2, 0.25) is 10.0 Å². The Kier molecular flexibility index (Phi) is 5.19. The number of benzene rings is 2. The summed E-state index contributed by atoms with van der Waals surface area (Å²) in [5.41, 5.74) is 1.000. The minimum Gasteiger partial charge on any atom is -0.496 e. The first-order valence-electron chi connectivity index (χ1n) is 6.28. The summed E-state index contributed by atoms with van der Waals surface area (Å²) in [7, 11) is -2.18. The van der Waals surface area contributed by atoms with Crippen molar-refractivity contribution in [3.05, 3.63) is 58.1 Å². The molecule has 0 aliphatic heterocycles. The fourth-order valence-electron chi connectivity index (χ4n) is 1.87. The summed E-state index contributed by atoms with van der Waals surface area (Å²) in [6.07, 6.45) is 0. The Labute approximate surface area is 137 Å². The van der Waals surface area contributed by atoms with E-state index in [1.54, 1.807) is 18.2 Å². The number of ether oxygens (including phenoxy) is 1. The van der Waals surface area contributed by atoms with Crippen molar-refractivity contribution < 1.29 is 13.2 Å². The van der Waals surface area contributed by atoms with Crippen molar-refractivity contribution in [2.24, 2.45) is 0 Å². The van der Waals surface area contributed by atoms with Crippen molar-refractivity contribution in [3.63, 3.8) is 0 Å². The van der Waals surface area contributed by atoms with Crippen molar-refractivity contribution in [2.45, 2.75) is 11.4 Å². The quantitative estimate of drug-likeness (QED) is 0.864. The van der Waals surface area contributed by atoms with Crippen molar-refractivity contribution in [3.8, 4) is 11.8 Å². The second-order valence-electron chi connectivity index (χ2n) is 4.42. The van der Waals surface area contributed by atoms with Crippen LogP contribution in [-0.4, -0.2) is 15.5 Å². The van der Waals surface area contributed by atoms with Crippen LogP contribution in [0.2, 0.25) is 0 Å². The molecule has 2 aromatic carbocycles. The van der Waals surface area contributed by atoms with Gasteiger partial charge in [0.25, 0.3) is 0 Å². The van der Waals surface area contributed by atoms with Crippen molar-refractivity contribution in [1.82, 2.24) is 4.72 Å². The SMILES string of the molecule is COc1ccc(Br)cc1CNS(=O)(=O)c1cccc(C#N)c1. The second-order valence-corrected chi connectivity index (χ2v) is 7.10. The first-order valence-corrected chi connectivity index (χ1v) is 8.56. The van der Waals surface area contributed by atoms with E-state index in [0.717, 1.165) is 4.47 Å². The molecule has 5 nitrogen and oxygen atoms in total. The van der Waals surface area contributed by atoms with Crippen LogP contribution in [0.15, 0.2) is 51.8 Å². The highest BCUT2D eigenvalue weighted by atomic mass is 79.9. The monoisotopic (exact) mass is 380 g/mol. The van der Waals surface area contributed by atoms with Gasteiger partial charge >= 0.3 is 0 Å². The molecule has 0 amide bonds. The van der Waals surface area contributed by atoms with Gasteiger partial charge in [0, 0.05) is 16.6 Å². The van der Waals surface area contributed by atoms with E-state index < -0.39 is 10.0 Å². The number of nitrogens with zero attached hydrogens (tertiary/aromatic N) is 1. The van der Waals surface area contributed by atoms with E-state index in [2.05, 4.69) is 20.7 Å². The van der Waals surface area contributed by atoms with E-state index in [1.165, 1.54) is 25.3 Å². The number of hydrogen-bond acceptors (Lipinski definition) is 4. The molecule has 0 unspecified atom stereocenters. The summed E-state index contributed by atoms with van der Waals surface area (Å²) >= 11 is 3.34. The molecular weight excluding hydrogens is 368 g/mol.